The first-order chi connectivity index (χ1) is 2.89. The molecule has 1 aliphatic rings. The molecule has 6 heavy (non-hydrogen) atoms. The molecule has 0 atom stereocenters. The van der Waals surface area contributed by atoms with Gasteiger partial charge >= 0.3 is 0 Å². The van der Waals surface area contributed by atoms with E-state index in [9.17, 15) is 0 Å². The number of hydrogen-bond acceptors (Lipinski definition) is 2. The summed E-state index contributed by atoms with van der Waals surface area (Å²) in [6.45, 7) is 2.12. The maximum atomic E-state index is 3.03. The monoisotopic (exact) mass is 101 g/mol. The highest BCUT2D eigenvalue weighted by atomic mass is 32.2. The molecule has 34 valence electrons. The van der Waals surface area contributed by atoms with Crippen LogP contribution in [0.3, 0.4) is 0 Å². The molecule has 1 aliphatic heterocycles. The van der Waals surface area contributed by atoms with Crippen molar-refractivity contribution >= 4 is 11.9 Å². The van der Waals surface area contributed by atoms with Crippen LogP contribution in [0.2, 0.25) is 0 Å². The smallest absolute Gasteiger partial charge is 0.0357 e. The maximum Gasteiger partial charge on any atom is 0.0357 e. The van der Waals surface area contributed by atoms with Crippen LogP contribution in [0, 0.1) is 0 Å². The Morgan fingerprint density at radius 1 is 2.00 bits per heavy atom. The molecule has 1 heterocycles. The number of nitrogens with one attached hydrogen (secondary N) is 1. The van der Waals surface area contributed by atoms with Crippen molar-refractivity contribution in [2.24, 2.45) is 0 Å². The predicted octanol–water partition coefficient (Wildman–Crippen LogP) is 1.14. The third-order valence-corrected chi connectivity index (χ3v) is 1.57. The molecule has 0 fully saturated rings. The topological polar surface area (TPSA) is 12.0 Å². The minimum atomic E-state index is 1.15. The van der Waals surface area contributed by atoms with Crippen LogP contribution in [0.5, 0.6) is 0 Å². The Kier molecular flexibility index (Phi) is 1.05. The van der Waals surface area contributed by atoms with Crippen LogP contribution in [0.25, 0.3) is 0 Å². The molecule has 0 bridgehead atoms. The first kappa shape index (κ1) is 4.06. The van der Waals surface area contributed by atoms with Gasteiger partial charge in [0.05, 0.1) is 0 Å². The molecule has 0 aliphatic carbocycles. The standard InChI is InChI=1S/C4H7NS/c1-4-2-5-6-3-4/h2,5H,3H2,1H3. The first-order valence-electron chi connectivity index (χ1n) is 1.92. The molecule has 0 saturated carbocycles. The Morgan fingerprint density at radius 2 is 2.83 bits per heavy atom. The van der Waals surface area contributed by atoms with Crippen molar-refractivity contribution in [2.45, 2.75) is 6.92 Å². The summed E-state index contributed by atoms with van der Waals surface area (Å²) in [4.78, 5) is 0. The van der Waals surface area contributed by atoms with Crippen molar-refractivity contribution in [3.05, 3.63) is 11.8 Å². The van der Waals surface area contributed by atoms with Crippen molar-refractivity contribution in [3.8, 4) is 0 Å². The Labute approximate surface area is 41.9 Å². The van der Waals surface area contributed by atoms with Crippen LogP contribution >= 0.6 is 11.9 Å². The zero-order valence-electron chi connectivity index (χ0n) is 3.69. The minimum Gasteiger partial charge on any atom is -0.336 e. The Hall–Kier alpha value is -0.110. The van der Waals surface area contributed by atoms with Gasteiger partial charge in [0.15, 0.2) is 0 Å². The third kappa shape index (κ3) is 0.684. The van der Waals surface area contributed by atoms with Crippen molar-refractivity contribution in [1.29, 1.82) is 0 Å². The molecule has 0 aromatic heterocycles. The molecule has 2 heteroatoms. The molecule has 0 saturated heterocycles. The van der Waals surface area contributed by atoms with E-state index in [0.717, 1.165) is 5.75 Å². The van der Waals surface area contributed by atoms with E-state index in [4.69, 9.17) is 0 Å². The lowest BCUT2D eigenvalue weighted by Gasteiger charge is -1.79. The average molecular weight is 101 g/mol. The van der Waals surface area contributed by atoms with Gasteiger partial charge in [-0.2, -0.15) is 0 Å². The lowest BCUT2D eigenvalue weighted by Crippen LogP contribution is -1.78. The SMILES string of the molecule is CC1=CNSC1. The van der Waals surface area contributed by atoms with E-state index >= 15 is 0 Å². The second-order valence-corrected chi connectivity index (χ2v) is 2.21. The van der Waals surface area contributed by atoms with Gasteiger partial charge in [0, 0.05) is 12.0 Å². The van der Waals surface area contributed by atoms with Gasteiger partial charge in [-0.15, -0.1) is 0 Å². The molecule has 0 radical (unpaired) electrons. The third-order valence-electron chi connectivity index (χ3n) is 0.688. The van der Waals surface area contributed by atoms with Gasteiger partial charge in [-0.05, 0) is 24.4 Å². The summed E-state index contributed by atoms with van der Waals surface area (Å²) in [5, 5.41) is 0. The second kappa shape index (κ2) is 1.56. The van der Waals surface area contributed by atoms with Gasteiger partial charge < -0.3 is 4.72 Å². The fourth-order valence-corrected chi connectivity index (χ4v) is 1.02. The van der Waals surface area contributed by atoms with E-state index in [-0.39, 0.29) is 0 Å². The Balaban J connectivity index is 2.45. The van der Waals surface area contributed by atoms with E-state index in [1.807, 2.05) is 6.20 Å². The van der Waals surface area contributed by atoms with Gasteiger partial charge in [-0.3, -0.25) is 0 Å². The normalized spacial score (nSPS) is 19.8. The Bertz CT molecular complexity index is 77.6. The van der Waals surface area contributed by atoms with Crippen LogP contribution in [0.1, 0.15) is 6.92 Å². The molecule has 0 aromatic rings. The second-order valence-electron chi connectivity index (χ2n) is 1.40. The first-order valence-corrected chi connectivity index (χ1v) is 2.91. The van der Waals surface area contributed by atoms with Crippen molar-refractivity contribution < 1.29 is 0 Å². The molecule has 0 aromatic carbocycles. The molecule has 1 N–H and O–H groups in total. The summed E-state index contributed by atoms with van der Waals surface area (Å²) in [6, 6.07) is 0. The van der Waals surface area contributed by atoms with E-state index in [1.165, 1.54) is 5.57 Å². The summed E-state index contributed by atoms with van der Waals surface area (Å²) in [7, 11) is 0. The summed E-state index contributed by atoms with van der Waals surface area (Å²) in [5.41, 5.74) is 1.43. The highest BCUT2D eigenvalue weighted by molar-refractivity contribution is 7.97. The van der Waals surface area contributed by atoms with Crippen molar-refractivity contribution in [1.82, 2.24) is 4.72 Å². The largest absolute Gasteiger partial charge is 0.336 e. The molecule has 1 nitrogen and oxygen atoms in total. The lowest BCUT2D eigenvalue weighted by atomic mass is 10.4. The molecule has 0 amide bonds. The van der Waals surface area contributed by atoms with Crippen LogP contribution in [-0.2, 0) is 0 Å². The quantitative estimate of drug-likeness (QED) is 0.459. The van der Waals surface area contributed by atoms with Crippen LogP contribution in [0.15, 0.2) is 11.8 Å². The van der Waals surface area contributed by atoms with Gasteiger partial charge in [-0.25, -0.2) is 0 Å². The van der Waals surface area contributed by atoms with Gasteiger partial charge in [0.25, 0.3) is 0 Å². The maximum absolute atomic E-state index is 3.03. The molecule has 0 spiro atoms. The molecule has 1 rings (SSSR count). The van der Waals surface area contributed by atoms with E-state index in [2.05, 4.69) is 11.6 Å². The van der Waals surface area contributed by atoms with E-state index in [0.29, 0.717) is 0 Å². The van der Waals surface area contributed by atoms with Gasteiger partial charge in [0.2, 0.25) is 0 Å². The van der Waals surface area contributed by atoms with Gasteiger partial charge in [-0.1, -0.05) is 0 Å². The van der Waals surface area contributed by atoms with Crippen molar-refractivity contribution in [2.75, 3.05) is 5.75 Å². The summed E-state index contributed by atoms with van der Waals surface area (Å²) < 4.78 is 3.03. The van der Waals surface area contributed by atoms with Crippen molar-refractivity contribution in [3.63, 3.8) is 0 Å². The zero-order valence-corrected chi connectivity index (χ0v) is 4.51. The van der Waals surface area contributed by atoms with Gasteiger partial charge in [0.1, 0.15) is 0 Å². The van der Waals surface area contributed by atoms with Crippen LogP contribution in [-0.4, -0.2) is 5.75 Å². The highest BCUT2D eigenvalue weighted by Crippen LogP contribution is 2.08. The summed E-state index contributed by atoms with van der Waals surface area (Å²) >= 11 is 1.74. The fourth-order valence-electron chi connectivity index (χ4n) is 0.339. The average Bonchev–Trinajstić information content (AvgIpc) is 1.86. The predicted molar refractivity (Wildman–Crippen MR) is 29.4 cm³/mol. The molecular formula is C4H7NS. The summed E-state index contributed by atoms with van der Waals surface area (Å²) in [6.07, 6.45) is 2.03. The van der Waals surface area contributed by atoms with E-state index < -0.39 is 0 Å². The highest BCUT2D eigenvalue weighted by Gasteiger charge is 1.94. The minimum absolute atomic E-state index is 1.15. The number of rotatable bonds is 0. The van der Waals surface area contributed by atoms with Crippen LogP contribution in [0.4, 0.5) is 0 Å². The Morgan fingerprint density at radius 3 is 3.00 bits per heavy atom. The number of hydrogen-bond donors (Lipinski definition) is 1. The molecule has 0 unspecified atom stereocenters. The van der Waals surface area contributed by atoms with Crippen LogP contribution < -0.4 is 4.72 Å². The van der Waals surface area contributed by atoms with E-state index in [1.54, 1.807) is 11.9 Å². The molecular weight excluding hydrogens is 94.1 g/mol. The lowest BCUT2D eigenvalue weighted by molar-refractivity contribution is 1.36. The fraction of sp³-hybridized carbons (Fsp3) is 0.500. The summed E-state index contributed by atoms with van der Waals surface area (Å²) in [5.74, 6) is 1.15. The zero-order chi connectivity index (χ0) is 4.41.